The van der Waals surface area contributed by atoms with Crippen molar-refractivity contribution in [3.63, 3.8) is 0 Å². The van der Waals surface area contributed by atoms with E-state index in [1.165, 1.54) is 18.9 Å². The van der Waals surface area contributed by atoms with Gasteiger partial charge in [-0.25, -0.2) is 4.79 Å². The summed E-state index contributed by atoms with van der Waals surface area (Å²) in [6, 6.07) is 8.17. The van der Waals surface area contributed by atoms with Gasteiger partial charge in [-0.3, -0.25) is 4.90 Å². The molecule has 2 bridgehead atoms. The van der Waals surface area contributed by atoms with Crippen LogP contribution in [0.4, 0.5) is 0 Å². The standard InChI is InChI=1S/C27H32N2O10/c1-35-24(34)15-11-36-25(38-26-22(33)21(32)20(31)18(10-30)37-26)19-14(15)8-27-23-13(6-7-29(27)9-17(19)39-27)12-4-2-3-5-16(12)28-23/h2-5,11,14,17-22,25-26,28,30-33H,6-10H2,1H3/t14?,17?,18-,19?,20-,21+,22-,25?,26+,27-/m0/s1. The number of rotatable bonds is 4. The van der Waals surface area contributed by atoms with Crippen molar-refractivity contribution in [1.29, 1.82) is 0 Å². The molecular formula is C27H32N2O10. The smallest absolute Gasteiger partial charge is 0.337 e. The van der Waals surface area contributed by atoms with Crippen molar-refractivity contribution in [2.45, 2.75) is 61.7 Å². The lowest BCUT2D eigenvalue weighted by Gasteiger charge is -2.50. The number of carbonyl (C=O) groups excluding carboxylic acids is 1. The second-order valence-corrected chi connectivity index (χ2v) is 11.0. The second kappa shape index (κ2) is 9.25. The third-order valence-corrected chi connectivity index (χ3v) is 9.06. The Morgan fingerprint density at radius 1 is 1.18 bits per heavy atom. The van der Waals surface area contributed by atoms with Crippen LogP contribution in [0.15, 0.2) is 36.1 Å². The lowest BCUT2D eigenvalue weighted by Crippen LogP contribution is -2.61. The number of hydrogen-bond acceptors (Lipinski definition) is 11. The number of carbonyl (C=O) groups is 1. The van der Waals surface area contributed by atoms with Crippen LogP contribution in [-0.4, -0.2) is 106 Å². The highest BCUT2D eigenvalue weighted by Crippen LogP contribution is 2.57. The monoisotopic (exact) mass is 544 g/mol. The minimum Gasteiger partial charge on any atom is -0.471 e. The fourth-order valence-electron chi connectivity index (χ4n) is 7.18. The van der Waals surface area contributed by atoms with Gasteiger partial charge >= 0.3 is 5.97 Å². The molecule has 1 aromatic heterocycles. The van der Waals surface area contributed by atoms with Gasteiger partial charge in [0.15, 0.2) is 12.0 Å². The zero-order valence-electron chi connectivity index (χ0n) is 21.3. The number of nitrogens with one attached hydrogen (secondary N) is 1. The minimum atomic E-state index is -1.59. The number of ether oxygens (including phenoxy) is 5. The average molecular weight is 545 g/mol. The van der Waals surface area contributed by atoms with Crippen LogP contribution in [0.2, 0.25) is 0 Å². The fraction of sp³-hybridized carbons (Fsp3) is 0.593. The summed E-state index contributed by atoms with van der Waals surface area (Å²) >= 11 is 0. The summed E-state index contributed by atoms with van der Waals surface area (Å²) in [6.45, 7) is 0.772. The average Bonchev–Trinajstić information content (AvgIpc) is 3.48. The molecule has 12 nitrogen and oxygen atoms in total. The van der Waals surface area contributed by atoms with E-state index in [0.717, 1.165) is 29.6 Å². The van der Waals surface area contributed by atoms with E-state index in [1.807, 2.05) is 18.2 Å². The van der Waals surface area contributed by atoms with Crippen LogP contribution in [0.5, 0.6) is 0 Å². The summed E-state index contributed by atoms with van der Waals surface area (Å²) in [6.07, 6.45) is -5.98. The van der Waals surface area contributed by atoms with Gasteiger partial charge in [-0.1, -0.05) is 18.2 Å². The predicted octanol–water partition coefficient (Wildman–Crippen LogP) is -0.557. The van der Waals surface area contributed by atoms with Crippen LogP contribution < -0.4 is 0 Å². The Labute approximate surface area is 223 Å². The van der Waals surface area contributed by atoms with Gasteiger partial charge in [-0.15, -0.1) is 0 Å². The van der Waals surface area contributed by atoms with Gasteiger partial charge < -0.3 is 49.1 Å². The summed E-state index contributed by atoms with van der Waals surface area (Å²) in [5, 5.41) is 41.7. The van der Waals surface area contributed by atoms with Gasteiger partial charge in [-0.2, -0.15) is 0 Å². The van der Waals surface area contributed by atoms with Crippen molar-refractivity contribution in [3.8, 4) is 0 Å². The quantitative estimate of drug-likeness (QED) is 0.314. The first-order chi connectivity index (χ1) is 18.9. The van der Waals surface area contributed by atoms with E-state index in [0.29, 0.717) is 18.5 Å². The van der Waals surface area contributed by atoms with Crippen molar-refractivity contribution in [2.75, 3.05) is 26.8 Å². The van der Waals surface area contributed by atoms with Gasteiger partial charge in [0.1, 0.15) is 24.4 Å². The number of H-pyrrole nitrogens is 1. The molecule has 2 aromatic rings. The molecule has 0 saturated carbocycles. The fourth-order valence-corrected chi connectivity index (χ4v) is 7.18. The number of methoxy groups -OCH3 is 1. The summed E-state index contributed by atoms with van der Waals surface area (Å²) < 4.78 is 29.5. The van der Waals surface area contributed by atoms with E-state index < -0.39 is 67.3 Å². The van der Waals surface area contributed by atoms with Crippen LogP contribution in [0.25, 0.3) is 10.9 Å². The molecule has 10 atom stereocenters. The van der Waals surface area contributed by atoms with Gasteiger partial charge in [0, 0.05) is 36.3 Å². The second-order valence-electron chi connectivity index (χ2n) is 11.0. The molecule has 0 radical (unpaired) electrons. The summed E-state index contributed by atoms with van der Waals surface area (Å²) in [5.41, 5.74) is 2.85. The summed E-state index contributed by atoms with van der Waals surface area (Å²) in [5.74, 6) is -1.35. The van der Waals surface area contributed by atoms with Gasteiger partial charge in [-0.05, 0) is 18.1 Å². The van der Waals surface area contributed by atoms with Crippen LogP contribution in [0.1, 0.15) is 17.7 Å². The maximum atomic E-state index is 12.9. The highest BCUT2D eigenvalue weighted by atomic mass is 16.8. The van der Waals surface area contributed by atoms with Gasteiger partial charge in [0.05, 0.1) is 43.3 Å². The van der Waals surface area contributed by atoms with Crippen LogP contribution in [-0.2, 0) is 40.6 Å². The molecule has 210 valence electrons. The molecule has 4 unspecified atom stereocenters. The molecule has 3 saturated heterocycles. The van der Waals surface area contributed by atoms with E-state index in [2.05, 4.69) is 16.0 Å². The maximum absolute atomic E-state index is 12.9. The Morgan fingerprint density at radius 2 is 2.00 bits per heavy atom. The Bertz CT molecular complexity index is 1310. The zero-order valence-corrected chi connectivity index (χ0v) is 21.3. The minimum absolute atomic E-state index is 0.369. The molecule has 0 amide bonds. The van der Waals surface area contributed by atoms with E-state index in [1.54, 1.807) is 0 Å². The highest BCUT2D eigenvalue weighted by Gasteiger charge is 2.64. The summed E-state index contributed by atoms with van der Waals surface area (Å²) in [4.78, 5) is 18.8. The lowest BCUT2D eigenvalue weighted by molar-refractivity contribution is -0.350. The third-order valence-electron chi connectivity index (χ3n) is 9.06. The number of aromatic nitrogens is 1. The largest absolute Gasteiger partial charge is 0.471 e. The van der Waals surface area contributed by atoms with E-state index in [-0.39, 0.29) is 5.92 Å². The number of benzene rings is 1. The number of para-hydroxylation sites is 1. The molecule has 5 aliphatic rings. The number of nitrogens with zero attached hydrogens (tertiary/aromatic N) is 1. The van der Waals surface area contributed by atoms with Crippen LogP contribution in [0, 0.1) is 11.8 Å². The Kier molecular flexibility index (Phi) is 6.03. The van der Waals surface area contributed by atoms with E-state index in [4.69, 9.17) is 23.7 Å². The zero-order chi connectivity index (χ0) is 27.1. The molecule has 39 heavy (non-hydrogen) atoms. The van der Waals surface area contributed by atoms with Crippen LogP contribution in [0.3, 0.4) is 0 Å². The molecule has 0 aliphatic carbocycles. The number of fused-ring (bicyclic) bond motifs is 6. The highest BCUT2D eigenvalue weighted by molar-refractivity contribution is 5.89. The van der Waals surface area contributed by atoms with Gasteiger partial charge in [0.25, 0.3) is 0 Å². The normalized spacial score (nSPS) is 41.3. The van der Waals surface area contributed by atoms with Crippen molar-refractivity contribution < 1.29 is 48.9 Å². The Morgan fingerprint density at radius 3 is 2.79 bits per heavy atom. The van der Waals surface area contributed by atoms with Crippen molar-refractivity contribution in [2.24, 2.45) is 11.8 Å². The number of esters is 1. The first kappa shape index (κ1) is 25.4. The number of aromatic amines is 1. The summed E-state index contributed by atoms with van der Waals surface area (Å²) in [7, 11) is 1.32. The molecule has 5 N–H and O–H groups in total. The first-order valence-electron chi connectivity index (χ1n) is 13.3. The molecule has 5 aliphatic heterocycles. The first-order valence-corrected chi connectivity index (χ1v) is 13.3. The molecule has 6 heterocycles. The molecule has 1 spiro atoms. The molecule has 3 fully saturated rings. The van der Waals surface area contributed by atoms with E-state index in [9.17, 15) is 25.2 Å². The van der Waals surface area contributed by atoms with Crippen molar-refractivity contribution in [1.82, 2.24) is 9.88 Å². The third kappa shape index (κ3) is 3.64. The number of hydrogen-bond donors (Lipinski definition) is 5. The number of aliphatic hydroxyl groups is 4. The van der Waals surface area contributed by atoms with Gasteiger partial charge in [0.2, 0.25) is 6.29 Å². The van der Waals surface area contributed by atoms with Crippen molar-refractivity contribution >= 4 is 16.9 Å². The predicted molar refractivity (Wildman–Crippen MR) is 132 cm³/mol. The molecular weight excluding hydrogens is 512 g/mol. The SMILES string of the molecule is COC(=O)C1=COC(O[C@H]2O[C@@H](CO)[C@H](O)[C@@H](O)[C@@H]2O)C2C3CN4CCc5c([nH]c6ccccc56)[C@]4(CC12)O3. The number of aliphatic hydroxyl groups excluding tert-OH is 4. The lowest BCUT2D eigenvalue weighted by atomic mass is 9.73. The topological polar surface area (TPSA) is 163 Å². The molecule has 12 heteroatoms. The van der Waals surface area contributed by atoms with Crippen LogP contribution >= 0.6 is 0 Å². The molecule has 1 aromatic carbocycles. The van der Waals surface area contributed by atoms with E-state index >= 15 is 0 Å². The molecule has 7 rings (SSSR count). The Hall–Kier alpha value is -2.55. The Balaban J connectivity index is 1.25. The van der Waals surface area contributed by atoms with Crippen molar-refractivity contribution in [3.05, 3.63) is 47.4 Å². The maximum Gasteiger partial charge on any atom is 0.337 e.